The Kier molecular flexibility index (Phi) is 5.69. The second kappa shape index (κ2) is 9.58. The van der Waals surface area contributed by atoms with Gasteiger partial charge in [0.2, 0.25) is 0 Å². The van der Waals surface area contributed by atoms with Crippen LogP contribution in [-0.2, 0) is 0 Å². The molecule has 0 spiro atoms. The van der Waals surface area contributed by atoms with Crippen molar-refractivity contribution in [1.29, 1.82) is 5.26 Å². The van der Waals surface area contributed by atoms with E-state index in [9.17, 15) is 10.4 Å². The molecule has 0 fully saturated rings. The minimum absolute atomic E-state index is 0.0650. The maximum atomic E-state index is 12.1. The number of aliphatic hydroxyl groups is 1. The molecule has 1 aromatic heterocycles. The van der Waals surface area contributed by atoms with Gasteiger partial charge in [-0.15, -0.1) is 0 Å². The quantitative estimate of drug-likeness (QED) is 0.427. The van der Waals surface area contributed by atoms with E-state index in [0.29, 0.717) is 5.56 Å². The summed E-state index contributed by atoms with van der Waals surface area (Å²) in [6, 6.07) is 16.9. The Bertz CT molecular complexity index is 1920. The number of imidazole rings is 1. The summed E-state index contributed by atoms with van der Waals surface area (Å²) >= 11 is 0. The summed E-state index contributed by atoms with van der Waals surface area (Å²) in [4.78, 5) is 5.33. The van der Waals surface area contributed by atoms with Crippen molar-refractivity contribution in [2.75, 3.05) is 0 Å². The Labute approximate surface area is 240 Å². The zero-order valence-corrected chi connectivity index (χ0v) is 22.9. The van der Waals surface area contributed by atoms with E-state index in [-0.39, 0.29) is 11.8 Å². The third-order valence-corrected chi connectivity index (χ3v) is 9.41. The Balaban J connectivity index is 1.41. The van der Waals surface area contributed by atoms with Crippen molar-refractivity contribution >= 4 is 17.2 Å². The predicted molar refractivity (Wildman–Crippen MR) is 163 cm³/mol. The molecule has 2 heterocycles. The molecule has 3 aromatic rings. The third kappa shape index (κ3) is 3.73. The van der Waals surface area contributed by atoms with Crippen LogP contribution in [0.15, 0.2) is 96.1 Å². The van der Waals surface area contributed by atoms with E-state index in [4.69, 9.17) is 4.98 Å². The van der Waals surface area contributed by atoms with Gasteiger partial charge in [-0.1, -0.05) is 78.9 Å². The molecule has 4 aliphatic carbocycles. The van der Waals surface area contributed by atoms with Crippen molar-refractivity contribution in [1.82, 2.24) is 9.55 Å². The maximum Gasteiger partial charge on any atom is 0.159 e. The zero-order chi connectivity index (χ0) is 27.5. The normalized spacial score (nSPS) is 23.8. The topological polar surface area (TPSA) is 61.8 Å². The van der Waals surface area contributed by atoms with Gasteiger partial charge in [0.15, 0.2) is 6.23 Å². The summed E-state index contributed by atoms with van der Waals surface area (Å²) in [5, 5.41) is 24.2. The van der Waals surface area contributed by atoms with Crippen LogP contribution in [-0.4, -0.2) is 14.7 Å². The van der Waals surface area contributed by atoms with Crippen LogP contribution in [0, 0.1) is 17.2 Å². The SMILES string of the molecule is N#Cc1ccc2c3c1C(c1ccccc1)CC=C3C(O)n1c-2nc2c1=CC(C1=CCCC=C1)CC=2C1=CC=CCC1. The van der Waals surface area contributed by atoms with Gasteiger partial charge in [0.05, 0.1) is 22.3 Å². The fraction of sp³-hybridized carbons (Fsp3) is 0.243. The fourth-order valence-electron chi connectivity index (χ4n) is 7.49. The number of hydrogen-bond donors (Lipinski definition) is 1. The standard InChI is InChI=1S/C37H31N3O/c38-22-26-16-17-29-34-30(19-18-28(33(26)34)24-12-6-2-7-13-24)37(41)40-32-21-27(23-10-4-1-5-11-23)20-31(35(32)39-36(29)40)25-14-8-3-9-15-25/h2-4,6-8,10-14,16-17,19,21,27-28,37,41H,1,5,9,15,18,20H2. The lowest BCUT2D eigenvalue weighted by Gasteiger charge is -2.35. The van der Waals surface area contributed by atoms with E-state index >= 15 is 0 Å². The largest absolute Gasteiger partial charge is 0.369 e. The summed E-state index contributed by atoms with van der Waals surface area (Å²) in [6.07, 6.45) is 23.1. The number of hydrogen-bond acceptors (Lipinski definition) is 3. The van der Waals surface area contributed by atoms with Crippen LogP contribution in [0.3, 0.4) is 0 Å². The van der Waals surface area contributed by atoms with Gasteiger partial charge >= 0.3 is 0 Å². The molecule has 3 atom stereocenters. The van der Waals surface area contributed by atoms with Crippen molar-refractivity contribution in [3.05, 3.63) is 129 Å². The number of nitriles is 1. The van der Waals surface area contributed by atoms with Gasteiger partial charge in [-0.05, 0) is 84.1 Å². The minimum Gasteiger partial charge on any atom is -0.369 e. The van der Waals surface area contributed by atoms with Gasteiger partial charge in [-0.2, -0.15) is 5.26 Å². The highest BCUT2D eigenvalue weighted by Crippen LogP contribution is 2.49. The number of nitrogens with zero attached hydrogens (tertiary/aromatic N) is 3. The van der Waals surface area contributed by atoms with Gasteiger partial charge < -0.3 is 5.11 Å². The minimum atomic E-state index is -0.856. The summed E-state index contributed by atoms with van der Waals surface area (Å²) in [5.74, 6) is 1.10. The third-order valence-electron chi connectivity index (χ3n) is 9.41. The molecule has 2 aromatic carbocycles. The molecule has 0 saturated heterocycles. The number of aliphatic hydroxyl groups excluding tert-OH is 1. The lowest BCUT2D eigenvalue weighted by molar-refractivity contribution is 0.160. The van der Waals surface area contributed by atoms with Crippen molar-refractivity contribution in [3.8, 4) is 17.5 Å². The molecule has 1 N–H and O–H groups in total. The lowest BCUT2D eigenvalue weighted by atomic mass is 9.74. The van der Waals surface area contributed by atoms with Crippen LogP contribution in [0.2, 0.25) is 0 Å². The van der Waals surface area contributed by atoms with Gasteiger partial charge in [-0.25, -0.2) is 4.98 Å². The van der Waals surface area contributed by atoms with Crippen LogP contribution >= 0.6 is 0 Å². The van der Waals surface area contributed by atoms with Crippen LogP contribution in [0.4, 0.5) is 0 Å². The number of benzene rings is 2. The highest BCUT2D eigenvalue weighted by atomic mass is 16.3. The first kappa shape index (κ1) is 24.3. The van der Waals surface area contributed by atoms with Crippen molar-refractivity contribution < 1.29 is 5.11 Å². The Hall–Kier alpha value is -4.46. The second-order valence-corrected chi connectivity index (χ2v) is 11.6. The van der Waals surface area contributed by atoms with E-state index in [1.54, 1.807) is 0 Å². The first-order valence-corrected chi connectivity index (χ1v) is 14.8. The average molecular weight is 534 g/mol. The van der Waals surface area contributed by atoms with Crippen molar-refractivity contribution in [3.63, 3.8) is 0 Å². The molecule has 0 radical (unpaired) electrons. The second-order valence-electron chi connectivity index (χ2n) is 11.6. The Morgan fingerprint density at radius 2 is 1.90 bits per heavy atom. The van der Waals surface area contributed by atoms with Crippen LogP contribution in [0.1, 0.15) is 72.9 Å². The number of rotatable bonds is 3. The van der Waals surface area contributed by atoms with Gasteiger partial charge in [0.25, 0.3) is 0 Å². The molecule has 0 bridgehead atoms. The highest BCUT2D eigenvalue weighted by Gasteiger charge is 2.38. The molecule has 8 rings (SSSR count). The number of fused-ring (bicyclic) bond motifs is 4. The number of allylic oxidation sites excluding steroid dienone is 9. The smallest absolute Gasteiger partial charge is 0.159 e. The van der Waals surface area contributed by atoms with Gasteiger partial charge in [0, 0.05) is 23.0 Å². The summed E-state index contributed by atoms with van der Waals surface area (Å²) < 4.78 is 2.06. The van der Waals surface area contributed by atoms with E-state index in [2.05, 4.69) is 83.5 Å². The van der Waals surface area contributed by atoms with Crippen LogP contribution in [0.25, 0.3) is 28.6 Å². The molecule has 3 unspecified atom stereocenters. The van der Waals surface area contributed by atoms with Gasteiger partial charge in [-0.3, -0.25) is 4.57 Å². The monoisotopic (exact) mass is 533 g/mol. The molecule has 1 aliphatic heterocycles. The van der Waals surface area contributed by atoms with E-state index < -0.39 is 6.23 Å². The lowest BCUT2D eigenvalue weighted by Crippen LogP contribution is -2.39. The number of aromatic nitrogens is 2. The van der Waals surface area contributed by atoms with Gasteiger partial charge in [0.1, 0.15) is 5.82 Å². The molecule has 200 valence electrons. The van der Waals surface area contributed by atoms with Crippen molar-refractivity contribution in [2.24, 2.45) is 5.92 Å². The van der Waals surface area contributed by atoms with E-state index in [1.165, 1.54) is 22.3 Å². The predicted octanol–water partition coefficient (Wildman–Crippen LogP) is 6.35. The molecule has 5 aliphatic rings. The fourth-order valence-corrected chi connectivity index (χ4v) is 7.49. The Morgan fingerprint density at radius 3 is 2.68 bits per heavy atom. The first-order valence-electron chi connectivity index (χ1n) is 14.8. The highest BCUT2D eigenvalue weighted by molar-refractivity contribution is 5.89. The average Bonchev–Trinajstić information content (AvgIpc) is 3.44. The first-order chi connectivity index (χ1) is 20.2. The van der Waals surface area contributed by atoms with E-state index in [0.717, 1.165) is 77.3 Å². The molecule has 4 nitrogen and oxygen atoms in total. The van der Waals surface area contributed by atoms with E-state index in [1.807, 2.05) is 18.2 Å². The summed E-state index contributed by atoms with van der Waals surface area (Å²) in [7, 11) is 0. The molecule has 0 amide bonds. The molecule has 41 heavy (non-hydrogen) atoms. The van der Waals surface area contributed by atoms with Crippen LogP contribution in [0.5, 0.6) is 0 Å². The molecule has 4 heteroatoms. The molecule has 0 saturated carbocycles. The Morgan fingerprint density at radius 1 is 1.00 bits per heavy atom. The zero-order valence-electron chi connectivity index (χ0n) is 22.9. The van der Waals surface area contributed by atoms with Crippen LogP contribution < -0.4 is 10.7 Å². The summed E-state index contributed by atoms with van der Waals surface area (Å²) in [6.45, 7) is 0. The molecular formula is C37H31N3O. The molecular weight excluding hydrogens is 502 g/mol. The maximum absolute atomic E-state index is 12.1. The summed E-state index contributed by atoms with van der Waals surface area (Å²) in [5.41, 5.74) is 9.76. The van der Waals surface area contributed by atoms with Crippen molar-refractivity contribution in [2.45, 2.75) is 50.7 Å².